The first-order valence-corrected chi connectivity index (χ1v) is 9.90. The molecule has 2 rings (SSSR count). The summed E-state index contributed by atoms with van der Waals surface area (Å²) < 4.78 is 17.7. The standard InChI is InChI=1S/C15H24N2O3S2/c1-15(2,3)20-14(18)17-6-4-5-12(8-17)9-22(19)10-13-7-16-11-21-13/h7,11-12H,4-6,8-10H2,1-3H3/t12-,22+/m0/s1. The van der Waals surface area contributed by atoms with E-state index in [2.05, 4.69) is 4.98 Å². The zero-order valence-corrected chi connectivity index (χ0v) is 15.0. The number of carbonyl (C=O) groups excluding carboxylic acids is 1. The van der Waals surface area contributed by atoms with Gasteiger partial charge in [0, 0.05) is 40.7 Å². The smallest absolute Gasteiger partial charge is 0.410 e. The van der Waals surface area contributed by atoms with Crippen LogP contribution in [0, 0.1) is 5.92 Å². The lowest BCUT2D eigenvalue weighted by Crippen LogP contribution is -2.44. The van der Waals surface area contributed by atoms with E-state index in [1.54, 1.807) is 16.6 Å². The number of amides is 1. The highest BCUT2D eigenvalue weighted by Crippen LogP contribution is 2.21. The summed E-state index contributed by atoms with van der Waals surface area (Å²) in [4.78, 5) is 18.9. The number of aromatic nitrogens is 1. The predicted octanol–water partition coefficient (Wildman–Crippen LogP) is 3.04. The number of thiazole rings is 1. The molecule has 22 heavy (non-hydrogen) atoms. The van der Waals surface area contributed by atoms with Crippen LogP contribution in [0.5, 0.6) is 0 Å². The van der Waals surface area contributed by atoms with Gasteiger partial charge in [0.25, 0.3) is 0 Å². The van der Waals surface area contributed by atoms with Crippen LogP contribution in [0.3, 0.4) is 0 Å². The molecule has 1 aromatic rings. The van der Waals surface area contributed by atoms with E-state index in [1.165, 1.54) is 11.3 Å². The molecule has 1 fully saturated rings. The van der Waals surface area contributed by atoms with Crippen LogP contribution in [-0.4, -0.2) is 44.6 Å². The quantitative estimate of drug-likeness (QED) is 0.842. The molecule has 2 atom stereocenters. The summed E-state index contributed by atoms with van der Waals surface area (Å²) in [5.74, 6) is 1.49. The average molecular weight is 345 g/mol. The van der Waals surface area contributed by atoms with E-state index in [1.807, 2.05) is 20.8 Å². The summed E-state index contributed by atoms with van der Waals surface area (Å²) in [5, 5.41) is 0. The van der Waals surface area contributed by atoms with Crippen LogP contribution >= 0.6 is 11.3 Å². The minimum atomic E-state index is -0.903. The molecule has 0 radical (unpaired) electrons. The van der Waals surface area contributed by atoms with E-state index in [0.717, 1.165) is 24.3 Å². The van der Waals surface area contributed by atoms with E-state index in [-0.39, 0.29) is 12.0 Å². The second kappa shape index (κ2) is 7.55. The van der Waals surface area contributed by atoms with Gasteiger partial charge >= 0.3 is 6.09 Å². The van der Waals surface area contributed by atoms with Crippen LogP contribution in [0.2, 0.25) is 0 Å². The van der Waals surface area contributed by atoms with Crippen molar-refractivity contribution in [2.45, 2.75) is 45.0 Å². The minimum absolute atomic E-state index is 0.259. The number of rotatable bonds is 4. The molecule has 0 aromatic carbocycles. The molecule has 0 bridgehead atoms. The van der Waals surface area contributed by atoms with Crippen LogP contribution < -0.4 is 0 Å². The summed E-state index contributed by atoms with van der Waals surface area (Å²) in [6.45, 7) is 6.99. The first-order chi connectivity index (χ1) is 10.3. The van der Waals surface area contributed by atoms with Crippen molar-refractivity contribution in [1.29, 1.82) is 0 Å². The highest BCUT2D eigenvalue weighted by molar-refractivity contribution is 7.84. The van der Waals surface area contributed by atoms with Gasteiger partial charge in [-0.15, -0.1) is 11.3 Å². The lowest BCUT2D eigenvalue weighted by Gasteiger charge is -2.34. The Morgan fingerprint density at radius 1 is 1.55 bits per heavy atom. The number of carbonyl (C=O) groups is 1. The number of hydrogen-bond donors (Lipinski definition) is 0. The summed E-state index contributed by atoms with van der Waals surface area (Å²) in [6, 6.07) is 0. The zero-order valence-electron chi connectivity index (χ0n) is 13.4. The molecule has 0 unspecified atom stereocenters. The summed E-state index contributed by atoms with van der Waals surface area (Å²) in [6.07, 6.45) is 3.48. The van der Waals surface area contributed by atoms with E-state index < -0.39 is 16.4 Å². The second-order valence-corrected chi connectivity index (χ2v) is 9.13. The Morgan fingerprint density at radius 3 is 2.95 bits per heavy atom. The molecule has 1 amide bonds. The Kier molecular flexibility index (Phi) is 5.97. The fourth-order valence-corrected chi connectivity index (χ4v) is 4.84. The number of ether oxygens (including phenoxy) is 1. The Labute approximate surface area is 138 Å². The van der Waals surface area contributed by atoms with Crippen LogP contribution in [0.25, 0.3) is 0 Å². The van der Waals surface area contributed by atoms with E-state index in [0.29, 0.717) is 18.1 Å². The van der Waals surface area contributed by atoms with Crippen molar-refractivity contribution in [3.63, 3.8) is 0 Å². The molecule has 0 saturated carbocycles. The largest absolute Gasteiger partial charge is 0.444 e. The van der Waals surface area contributed by atoms with Crippen molar-refractivity contribution in [1.82, 2.24) is 9.88 Å². The van der Waals surface area contributed by atoms with E-state index in [9.17, 15) is 9.00 Å². The number of piperidine rings is 1. The summed E-state index contributed by atoms with van der Waals surface area (Å²) >= 11 is 1.54. The highest BCUT2D eigenvalue weighted by Gasteiger charge is 2.28. The van der Waals surface area contributed by atoms with Gasteiger partial charge in [0.2, 0.25) is 0 Å². The maximum Gasteiger partial charge on any atom is 0.410 e. The lowest BCUT2D eigenvalue weighted by atomic mass is 10.0. The van der Waals surface area contributed by atoms with Crippen molar-refractivity contribution >= 4 is 28.2 Å². The number of nitrogens with zero attached hydrogens (tertiary/aromatic N) is 2. The SMILES string of the molecule is CC(C)(C)OC(=O)N1CCC[C@H](C[S@@](=O)Cc2cncs2)C1. The fourth-order valence-electron chi connectivity index (χ4n) is 2.49. The molecular formula is C15H24N2O3S2. The molecule has 2 heterocycles. The monoisotopic (exact) mass is 344 g/mol. The van der Waals surface area contributed by atoms with Crippen molar-refractivity contribution in [2.24, 2.45) is 5.92 Å². The van der Waals surface area contributed by atoms with Crippen LogP contribution in [0.15, 0.2) is 11.7 Å². The third-order valence-corrected chi connectivity index (χ3v) is 5.82. The van der Waals surface area contributed by atoms with Crippen molar-refractivity contribution in [2.75, 3.05) is 18.8 Å². The third kappa shape index (κ3) is 5.68. The molecule has 7 heteroatoms. The van der Waals surface area contributed by atoms with Gasteiger partial charge in [-0.1, -0.05) is 0 Å². The average Bonchev–Trinajstić information content (AvgIpc) is 2.89. The molecule has 1 aliphatic heterocycles. The minimum Gasteiger partial charge on any atom is -0.444 e. The number of hydrogen-bond acceptors (Lipinski definition) is 5. The molecule has 0 aliphatic carbocycles. The Morgan fingerprint density at radius 2 is 2.32 bits per heavy atom. The van der Waals surface area contributed by atoms with Gasteiger partial charge in [0.05, 0.1) is 11.3 Å². The van der Waals surface area contributed by atoms with Gasteiger partial charge < -0.3 is 9.64 Å². The van der Waals surface area contributed by atoms with Gasteiger partial charge in [-0.2, -0.15) is 0 Å². The number of likely N-dealkylation sites (tertiary alicyclic amines) is 1. The third-order valence-electron chi connectivity index (χ3n) is 3.38. The van der Waals surface area contributed by atoms with Gasteiger partial charge in [-0.25, -0.2) is 4.79 Å². The summed E-state index contributed by atoms with van der Waals surface area (Å²) in [5.41, 5.74) is 1.29. The van der Waals surface area contributed by atoms with E-state index in [4.69, 9.17) is 4.74 Å². The normalized spacial score (nSPS) is 20.7. The Bertz CT molecular complexity index is 511. The van der Waals surface area contributed by atoms with Crippen LogP contribution in [0.1, 0.15) is 38.5 Å². The molecule has 5 nitrogen and oxygen atoms in total. The van der Waals surface area contributed by atoms with Gasteiger partial charge in [-0.3, -0.25) is 9.19 Å². The van der Waals surface area contributed by atoms with Crippen LogP contribution in [-0.2, 0) is 21.3 Å². The maximum atomic E-state index is 12.2. The predicted molar refractivity (Wildman–Crippen MR) is 89.4 cm³/mol. The van der Waals surface area contributed by atoms with Crippen molar-refractivity contribution in [3.05, 3.63) is 16.6 Å². The Hall–Kier alpha value is -0.950. The Balaban J connectivity index is 1.82. The van der Waals surface area contributed by atoms with Gasteiger partial charge in [0.15, 0.2) is 0 Å². The van der Waals surface area contributed by atoms with Crippen molar-refractivity contribution < 1.29 is 13.7 Å². The maximum absolute atomic E-state index is 12.2. The zero-order chi connectivity index (χ0) is 16.2. The van der Waals surface area contributed by atoms with E-state index >= 15 is 0 Å². The summed E-state index contributed by atoms with van der Waals surface area (Å²) in [7, 11) is -0.903. The second-order valence-electron chi connectivity index (χ2n) is 6.65. The molecule has 124 valence electrons. The van der Waals surface area contributed by atoms with Gasteiger partial charge in [0.1, 0.15) is 5.60 Å². The fraction of sp³-hybridized carbons (Fsp3) is 0.733. The molecule has 1 saturated heterocycles. The molecule has 1 aromatic heterocycles. The first kappa shape index (κ1) is 17.4. The highest BCUT2D eigenvalue weighted by atomic mass is 32.2. The van der Waals surface area contributed by atoms with Crippen LogP contribution in [0.4, 0.5) is 4.79 Å². The first-order valence-electron chi connectivity index (χ1n) is 7.54. The van der Waals surface area contributed by atoms with Crippen molar-refractivity contribution in [3.8, 4) is 0 Å². The molecule has 0 N–H and O–H groups in total. The van der Waals surface area contributed by atoms with Gasteiger partial charge in [-0.05, 0) is 39.5 Å². The molecule has 1 aliphatic rings. The topological polar surface area (TPSA) is 59.5 Å². The molecule has 0 spiro atoms. The molecular weight excluding hydrogens is 320 g/mol. The lowest BCUT2D eigenvalue weighted by molar-refractivity contribution is 0.0176.